The van der Waals surface area contributed by atoms with Crippen molar-refractivity contribution in [2.75, 3.05) is 36.5 Å². The number of nitrogens with zero attached hydrogens (tertiary/aromatic N) is 5. The van der Waals surface area contributed by atoms with Gasteiger partial charge in [-0.25, -0.2) is 24.1 Å². The van der Waals surface area contributed by atoms with Crippen molar-refractivity contribution in [3.63, 3.8) is 0 Å². The normalized spacial score (nSPS) is 14.4. The zero-order valence-electron chi connectivity index (χ0n) is 26.8. The number of piperidine rings is 1. The molecule has 0 unspecified atom stereocenters. The zero-order chi connectivity index (χ0) is 32.8. The lowest BCUT2D eigenvalue weighted by Gasteiger charge is -2.35. The number of ether oxygens (including phenoxy) is 2. The lowest BCUT2D eigenvalue weighted by Crippen LogP contribution is -2.40. The number of nitrogens with one attached hydrogen (secondary N) is 2. The van der Waals surface area contributed by atoms with Crippen molar-refractivity contribution in [3.05, 3.63) is 53.6 Å². The molecule has 4 rings (SSSR count). The van der Waals surface area contributed by atoms with Gasteiger partial charge in [-0.1, -0.05) is 37.3 Å². The summed E-state index contributed by atoms with van der Waals surface area (Å²) in [7, 11) is -1.31. The number of anilines is 2. The SMILES string of the molecule is CC(C)(C)OC(=O)NCC1CCN(c2c(F)cccc2NC(=O)c2nc(-c3cc(Cl)ncn3)cn2COCC[Si](C)(C)C)CC1. The molecule has 11 nitrogen and oxygen atoms in total. The molecule has 1 aliphatic rings. The van der Waals surface area contributed by atoms with E-state index in [4.69, 9.17) is 21.1 Å². The van der Waals surface area contributed by atoms with Gasteiger partial charge in [0.1, 0.15) is 35.3 Å². The van der Waals surface area contributed by atoms with Crippen molar-refractivity contribution in [3.8, 4) is 11.4 Å². The van der Waals surface area contributed by atoms with Gasteiger partial charge in [0.25, 0.3) is 5.91 Å². The Labute approximate surface area is 269 Å². The van der Waals surface area contributed by atoms with E-state index in [1.807, 2.05) is 25.7 Å². The monoisotopic (exact) mass is 659 g/mol. The van der Waals surface area contributed by atoms with Crippen molar-refractivity contribution < 1.29 is 23.5 Å². The van der Waals surface area contributed by atoms with Crippen LogP contribution in [0.2, 0.25) is 30.8 Å². The molecule has 1 aliphatic heterocycles. The summed E-state index contributed by atoms with van der Waals surface area (Å²) in [6.45, 7) is 14.5. The number of carbonyl (C=O) groups is 2. The van der Waals surface area contributed by atoms with E-state index in [1.165, 1.54) is 12.4 Å². The molecule has 0 atom stereocenters. The predicted molar refractivity (Wildman–Crippen MR) is 176 cm³/mol. The molecular weight excluding hydrogens is 617 g/mol. The fourth-order valence-corrected chi connectivity index (χ4v) is 5.76. The van der Waals surface area contributed by atoms with Gasteiger partial charge in [0, 0.05) is 46.6 Å². The van der Waals surface area contributed by atoms with Crippen LogP contribution in [-0.4, -0.2) is 71.4 Å². The highest BCUT2D eigenvalue weighted by Gasteiger charge is 2.26. The van der Waals surface area contributed by atoms with Gasteiger partial charge in [0.05, 0.1) is 17.1 Å². The second-order valence-electron chi connectivity index (χ2n) is 13.4. The average Bonchev–Trinajstić information content (AvgIpc) is 3.38. The van der Waals surface area contributed by atoms with Crippen LogP contribution in [0, 0.1) is 11.7 Å². The summed E-state index contributed by atoms with van der Waals surface area (Å²) < 4.78 is 28.2. The summed E-state index contributed by atoms with van der Waals surface area (Å²) in [5.41, 5.74) is 0.977. The largest absolute Gasteiger partial charge is 0.444 e. The van der Waals surface area contributed by atoms with Crippen LogP contribution in [-0.2, 0) is 16.2 Å². The van der Waals surface area contributed by atoms with E-state index in [9.17, 15) is 9.59 Å². The molecule has 45 heavy (non-hydrogen) atoms. The fraction of sp³-hybridized carbons (Fsp3) is 0.516. The van der Waals surface area contributed by atoms with Crippen LogP contribution in [0.3, 0.4) is 0 Å². The quantitative estimate of drug-likeness (QED) is 0.137. The van der Waals surface area contributed by atoms with Crippen LogP contribution in [0.5, 0.6) is 0 Å². The van der Waals surface area contributed by atoms with E-state index < -0.39 is 31.5 Å². The van der Waals surface area contributed by atoms with E-state index in [0.717, 1.165) is 18.9 Å². The molecule has 244 valence electrons. The maximum Gasteiger partial charge on any atom is 0.407 e. The number of rotatable bonds is 11. The molecule has 2 amide bonds. The Bertz CT molecular complexity index is 1480. The van der Waals surface area contributed by atoms with Crippen molar-refractivity contribution in [1.29, 1.82) is 0 Å². The maximum absolute atomic E-state index is 15.3. The molecule has 3 heterocycles. The summed E-state index contributed by atoms with van der Waals surface area (Å²) in [5.74, 6) is -0.637. The molecule has 2 N–H and O–H groups in total. The van der Waals surface area contributed by atoms with Gasteiger partial charge in [0.15, 0.2) is 0 Å². The highest BCUT2D eigenvalue weighted by atomic mass is 35.5. The van der Waals surface area contributed by atoms with Crippen LogP contribution in [0.25, 0.3) is 11.4 Å². The Kier molecular flexibility index (Phi) is 11.2. The van der Waals surface area contributed by atoms with Crippen LogP contribution in [0.1, 0.15) is 44.2 Å². The number of alkyl carbamates (subject to hydrolysis) is 1. The number of aromatic nitrogens is 4. The third-order valence-corrected chi connectivity index (χ3v) is 9.11. The van der Waals surface area contributed by atoms with Crippen molar-refractivity contribution in [1.82, 2.24) is 24.8 Å². The molecule has 0 spiro atoms. The molecule has 1 saturated heterocycles. The van der Waals surface area contributed by atoms with Crippen molar-refractivity contribution in [2.45, 2.75) is 71.6 Å². The summed E-state index contributed by atoms with van der Waals surface area (Å²) >= 11 is 6.08. The number of carbonyl (C=O) groups excluding carboxylic acids is 2. The topological polar surface area (TPSA) is 124 Å². The van der Waals surface area contributed by atoms with Crippen LogP contribution in [0.4, 0.5) is 20.6 Å². The minimum Gasteiger partial charge on any atom is -0.444 e. The lowest BCUT2D eigenvalue weighted by molar-refractivity contribution is 0.0516. The molecule has 1 aromatic carbocycles. The summed E-state index contributed by atoms with van der Waals surface area (Å²) in [4.78, 5) is 40.4. The van der Waals surface area contributed by atoms with E-state index in [0.29, 0.717) is 49.0 Å². The maximum atomic E-state index is 15.3. The third-order valence-electron chi connectivity index (χ3n) is 7.20. The smallest absolute Gasteiger partial charge is 0.407 e. The fourth-order valence-electron chi connectivity index (χ4n) is 4.85. The van der Waals surface area contributed by atoms with Gasteiger partial charge in [-0.15, -0.1) is 0 Å². The second-order valence-corrected chi connectivity index (χ2v) is 19.4. The number of hydrogen-bond donors (Lipinski definition) is 2. The first-order valence-corrected chi connectivity index (χ1v) is 19.2. The molecule has 0 radical (unpaired) electrons. The molecule has 0 saturated carbocycles. The van der Waals surface area contributed by atoms with E-state index in [-0.39, 0.29) is 23.6 Å². The van der Waals surface area contributed by atoms with Crippen molar-refractivity contribution in [2.24, 2.45) is 5.92 Å². The van der Waals surface area contributed by atoms with Gasteiger partial charge < -0.3 is 29.6 Å². The van der Waals surface area contributed by atoms with Gasteiger partial charge in [-0.3, -0.25) is 4.79 Å². The Hall–Kier alpha value is -3.55. The van der Waals surface area contributed by atoms with Gasteiger partial charge in [0.2, 0.25) is 5.82 Å². The van der Waals surface area contributed by atoms with E-state index in [2.05, 4.69) is 45.2 Å². The molecule has 0 bridgehead atoms. The van der Waals surface area contributed by atoms with Crippen LogP contribution < -0.4 is 15.5 Å². The van der Waals surface area contributed by atoms with Crippen LogP contribution >= 0.6 is 11.6 Å². The highest BCUT2D eigenvalue weighted by Crippen LogP contribution is 2.33. The summed E-state index contributed by atoms with van der Waals surface area (Å²) in [6.07, 6.45) is 4.04. The van der Waals surface area contributed by atoms with E-state index in [1.54, 1.807) is 29.0 Å². The minimum atomic E-state index is -1.31. The number of benzene rings is 1. The molecule has 14 heteroatoms. The minimum absolute atomic E-state index is 0.0925. The first kappa shape index (κ1) is 34.3. The number of imidazole rings is 1. The molecular formula is C31H43ClFN7O4Si. The predicted octanol–water partition coefficient (Wildman–Crippen LogP) is 6.44. The Morgan fingerprint density at radius 1 is 1.13 bits per heavy atom. The number of para-hydroxylation sites is 1. The number of amides is 2. The molecule has 3 aromatic rings. The molecule has 1 fully saturated rings. The first-order valence-electron chi connectivity index (χ1n) is 15.1. The molecule has 2 aromatic heterocycles. The lowest BCUT2D eigenvalue weighted by atomic mass is 9.96. The van der Waals surface area contributed by atoms with Gasteiger partial charge >= 0.3 is 6.09 Å². The summed E-state index contributed by atoms with van der Waals surface area (Å²) in [5, 5.41) is 5.97. The second kappa shape index (κ2) is 14.7. The molecule has 0 aliphatic carbocycles. The van der Waals surface area contributed by atoms with E-state index >= 15 is 4.39 Å². The van der Waals surface area contributed by atoms with Gasteiger partial charge in [-0.2, -0.15) is 0 Å². The van der Waals surface area contributed by atoms with Gasteiger partial charge in [-0.05, 0) is 57.7 Å². The first-order chi connectivity index (χ1) is 21.2. The number of hydrogen-bond acceptors (Lipinski definition) is 8. The van der Waals surface area contributed by atoms with Crippen LogP contribution in [0.15, 0.2) is 36.8 Å². The Morgan fingerprint density at radius 3 is 2.53 bits per heavy atom. The zero-order valence-corrected chi connectivity index (χ0v) is 28.6. The summed E-state index contributed by atoms with van der Waals surface area (Å²) in [6, 6.07) is 7.16. The third kappa shape index (κ3) is 10.2. The number of halogens is 2. The Morgan fingerprint density at radius 2 is 1.87 bits per heavy atom. The Balaban J connectivity index is 1.48. The van der Waals surface area contributed by atoms with Crippen molar-refractivity contribution >= 4 is 43.1 Å². The highest BCUT2D eigenvalue weighted by molar-refractivity contribution is 6.76. The average molecular weight is 660 g/mol. The standard InChI is InChI=1S/C31H43ClFN7O4Si/c1-31(2,3)44-30(42)34-17-21-10-12-39(13-11-21)27-22(33)8-7-9-23(27)38-29(41)28-37-25(24-16-26(32)36-19-35-24)18-40(28)20-43-14-15-45(4,5)6/h7-9,16,18-19,21H,10-15,17,20H2,1-6H3,(H,34,42)(H,38,41).